The molecule has 1 saturated heterocycles. The number of nitrogens with one attached hydrogen (secondary N) is 1. The highest BCUT2D eigenvalue weighted by Crippen LogP contribution is 2.31. The number of aryl methyl sites for hydroxylation is 2. The van der Waals surface area contributed by atoms with E-state index in [-0.39, 0.29) is 17.7 Å². The zero-order chi connectivity index (χ0) is 31.3. The van der Waals surface area contributed by atoms with Crippen molar-refractivity contribution in [2.75, 3.05) is 17.3 Å². The number of thioether (sulfide) groups is 1. The molecule has 2 heterocycles. The molecule has 1 N–H and O–H groups in total. The van der Waals surface area contributed by atoms with Gasteiger partial charge in [-0.2, -0.15) is 0 Å². The second-order valence-electron chi connectivity index (χ2n) is 10.6. The quantitative estimate of drug-likeness (QED) is 0.200. The third kappa shape index (κ3) is 7.86. The monoisotopic (exact) mass is 622 g/mol. The summed E-state index contributed by atoms with van der Waals surface area (Å²) in [5.41, 5.74) is 5.69. The third-order valence-electron chi connectivity index (χ3n) is 7.00. The zero-order valence-corrected chi connectivity index (χ0v) is 25.5. The number of halogens is 3. The van der Waals surface area contributed by atoms with Crippen molar-refractivity contribution >= 4 is 28.5 Å². The second kappa shape index (κ2) is 13.6. The Hall–Kier alpha value is -4.16. The first kappa shape index (κ1) is 31.3. The molecule has 3 aromatic carbocycles. The van der Waals surface area contributed by atoms with Gasteiger partial charge < -0.3 is 4.74 Å². The molecule has 12 heteroatoms. The molecular weight excluding hydrogens is 589 g/mol. The Bertz CT molecular complexity index is 1620. The lowest BCUT2D eigenvalue weighted by Crippen LogP contribution is -2.33. The van der Waals surface area contributed by atoms with E-state index in [0.29, 0.717) is 23.9 Å². The van der Waals surface area contributed by atoms with E-state index in [1.54, 1.807) is 4.90 Å². The fourth-order valence-corrected chi connectivity index (χ4v) is 5.75. The van der Waals surface area contributed by atoms with Gasteiger partial charge in [0.05, 0.1) is 23.8 Å². The molecule has 1 aliphatic heterocycles. The van der Waals surface area contributed by atoms with Crippen molar-refractivity contribution < 1.29 is 22.7 Å². The van der Waals surface area contributed by atoms with Crippen LogP contribution < -0.4 is 15.0 Å². The van der Waals surface area contributed by atoms with Crippen LogP contribution in [0.5, 0.6) is 5.75 Å². The molecule has 0 radical (unpaired) electrons. The second-order valence-corrected chi connectivity index (χ2v) is 11.5. The summed E-state index contributed by atoms with van der Waals surface area (Å²) in [5, 5.41) is 8.63. The average Bonchev–Trinajstić information content (AvgIpc) is 3.61. The Morgan fingerprint density at radius 3 is 2.55 bits per heavy atom. The van der Waals surface area contributed by atoms with Crippen molar-refractivity contribution in [2.45, 2.75) is 52.4 Å². The maximum Gasteiger partial charge on any atom is 0.573 e. The first-order valence-corrected chi connectivity index (χ1v) is 15.3. The Morgan fingerprint density at radius 2 is 1.84 bits per heavy atom. The van der Waals surface area contributed by atoms with E-state index in [1.807, 2.05) is 31.2 Å². The van der Waals surface area contributed by atoms with Crippen molar-refractivity contribution in [1.82, 2.24) is 20.1 Å². The van der Waals surface area contributed by atoms with Gasteiger partial charge in [0.25, 0.3) is 0 Å². The molecule has 44 heavy (non-hydrogen) atoms. The van der Waals surface area contributed by atoms with Crippen LogP contribution in [0.3, 0.4) is 0 Å². The van der Waals surface area contributed by atoms with Crippen molar-refractivity contribution in [3.63, 3.8) is 0 Å². The Labute approximate surface area is 258 Å². The lowest BCUT2D eigenvalue weighted by Gasteiger charge is -2.21. The number of aromatic nitrogens is 3. The number of carbonyl (C=O) groups is 1. The van der Waals surface area contributed by atoms with Gasteiger partial charge in [-0.15, -0.1) is 18.3 Å². The molecule has 1 atom stereocenters. The first-order chi connectivity index (χ1) is 21.1. The van der Waals surface area contributed by atoms with Gasteiger partial charge in [0, 0.05) is 11.6 Å². The number of amidine groups is 1. The molecule has 0 bridgehead atoms. The molecule has 230 valence electrons. The van der Waals surface area contributed by atoms with Crippen molar-refractivity contribution in [3.05, 3.63) is 89.7 Å². The normalized spacial score (nSPS) is 15.3. The van der Waals surface area contributed by atoms with Crippen LogP contribution in [0.4, 0.5) is 18.9 Å². The molecule has 1 aliphatic rings. The van der Waals surface area contributed by atoms with Crippen LogP contribution in [0.25, 0.3) is 17.1 Å². The number of nitrogens with zero attached hydrogens (tertiary/aromatic N) is 5. The minimum atomic E-state index is -4.74. The molecule has 1 aromatic heterocycles. The summed E-state index contributed by atoms with van der Waals surface area (Å²) in [4.78, 5) is 23.7. The third-order valence-corrected chi connectivity index (χ3v) is 7.96. The van der Waals surface area contributed by atoms with Gasteiger partial charge in [0.15, 0.2) is 11.0 Å². The molecule has 0 saturated carbocycles. The molecule has 1 unspecified atom stereocenters. The van der Waals surface area contributed by atoms with Gasteiger partial charge in [-0.1, -0.05) is 61.5 Å². The number of anilines is 1. The minimum absolute atomic E-state index is 0.0533. The lowest BCUT2D eigenvalue weighted by atomic mass is 10.0. The van der Waals surface area contributed by atoms with Gasteiger partial charge in [-0.25, -0.2) is 14.7 Å². The Balaban J connectivity index is 1.17. The van der Waals surface area contributed by atoms with Crippen LogP contribution in [0.2, 0.25) is 0 Å². The molecule has 0 aliphatic carbocycles. The standard InChI is InChI=1S/C32H33F3N6O2S/c1-4-5-24-9-6-21(2)16-28(24)41-29(42)18-44-31(41)37-19-36-22(3)17-23-7-10-25(11-8-23)30-38-20-40(39-30)26-12-14-27(15-13-26)43-32(33,34)35/h6-16,20,22,36H,4-5,17-19H2,1-3H3/b37-31-. The average molecular weight is 623 g/mol. The van der Waals surface area contributed by atoms with E-state index < -0.39 is 6.36 Å². The topological polar surface area (TPSA) is 84.6 Å². The summed E-state index contributed by atoms with van der Waals surface area (Å²) in [7, 11) is 0. The van der Waals surface area contributed by atoms with Crippen molar-refractivity contribution in [2.24, 2.45) is 4.99 Å². The molecular formula is C32H33F3N6O2S. The largest absolute Gasteiger partial charge is 0.573 e. The fourth-order valence-electron chi connectivity index (χ4n) is 4.88. The summed E-state index contributed by atoms with van der Waals surface area (Å²) in [6.07, 6.45) is -0.555. The van der Waals surface area contributed by atoms with Crippen LogP contribution in [-0.4, -0.2) is 50.7 Å². The fraction of sp³-hybridized carbons (Fsp3) is 0.312. The Morgan fingerprint density at radius 1 is 1.09 bits per heavy atom. The summed E-state index contributed by atoms with van der Waals surface area (Å²) in [6, 6.07) is 19.7. The number of amides is 1. The minimum Gasteiger partial charge on any atom is -0.406 e. The lowest BCUT2D eigenvalue weighted by molar-refractivity contribution is -0.274. The van der Waals surface area contributed by atoms with Crippen molar-refractivity contribution in [3.8, 4) is 22.8 Å². The van der Waals surface area contributed by atoms with Crippen LogP contribution in [0.15, 0.2) is 78.0 Å². The molecule has 1 amide bonds. The van der Waals surface area contributed by atoms with E-state index >= 15 is 0 Å². The van der Waals surface area contributed by atoms with Crippen molar-refractivity contribution in [1.29, 1.82) is 0 Å². The number of aliphatic imine (C=N–C) groups is 1. The highest BCUT2D eigenvalue weighted by Gasteiger charge is 2.32. The van der Waals surface area contributed by atoms with Gasteiger partial charge in [0.1, 0.15) is 12.1 Å². The molecule has 1 fully saturated rings. The number of benzene rings is 3. The Kier molecular flexibility index (Phi) is 9.70. The van der Waals surface area contributed by atoms with Gasteiger partial charge in [0.2, 0.25) is 5.91 Å². The van der Waals surface area contributed by atoms with E-state index in [9.17, 15) is 18.0 Å². The van der Waals surface area contributed by atoms with Crippen LogP contribution in [-0.2, 0) is 17.6 Å². The number of carbonyl (C=O) groups excluding carboxylic acids is 1. The van der Waals surface area contributed by atoms with Crippen LogP contribution in [0.1, 0.15) is 37.0 Å². The maximum atomic E-state index is 12.8. The highest BCUT2D eigenvalue weighted by molar-refractivity contribution is 8.15. The van der Waals surface area contributed by atoms with Gasteiger partial charge in [-0.05, 0) is 73.7 Å². The molecule has 8 nitrogen and oxygen atoms in total. The number of hydrogen-bond donors (Lipinski definition) is 1. The molecule has 0 spiro atoms. The van der Waals surface area contributed by atoms with Crippen LogP contribution in [0, 0.1) is 6.92 Å². The van der Waals surface area contributed by atoms with E-state index in [0.717, 1.165) is 52.4 Å². The number of rotatable bonds is 11. The SMILES string of the molecule is CCCc1ccc(C)cc1N1C(=O)CS/C1=N\CNC(C)Cc1ccc(-c2ncn(-c3ccc(OC(F)(F)F)cc3)n2)cc1. The predicted molar refractivity (Wildman–Crippen MR) is 167 cm³/mol. The molecule has 4 aromatic rings. The van der Waals surface area contributed by atoms with E-state index in [4.69, 9.17) is 4.99 Å². The smallest absolute Gasteiger partial charge is 0.406 e. The first-order valence-electron chi connectivity index (χ1n) is 14.3. The molecule has 5 rings (SSSR count). The summed E-state index contributed by atoms with van der Waals surface area (Å²) in [6.45, 7) is 6.65. The van der Waals surface area contributed by atoms with Gasteiger partial charge in [-0.3, -0.25) is 15.0 Å². The maximum absolute atomic E-state index is 12.8. The zero-order valence-electron chi connectivity index (χ0n) is 24.6. The van der Waals surface area contributed by atoms with Gasteiger partial charge >= 0.3 is 6.36 Å². The number of ether oxygens (including phenoxy) is 1. The van der Waals surface area contributed by atoms with E-state index in [2.05, 4.69) is 52.2 Å². The van der Waals surface area contributed by atoms with E-state index in [1.165, 1.54) is 47.0 Å². The highest BCUT2D eigenvalue weighted by atomic mass is 32.2. The summed E-state index contributed by atoms with van der Waals surface area (Å²) >= 11 is 1.47. The summed E-state index contributed by atoms with van der Waals surface area (Å²) < 4.78 is 42.7. The predicted octanol–water partition coefficient (Wildman–Crippen LogP) is 6.71. The van der Waals surface area contributed by atoms with Crippen LogP contribution >= 0.6 is 11.8 Å². The number of alkyl halides is 3. The number of hydrogen-bond acceptors (Lipinski definition) is 7. The summed E-state index contributed by atoms with van der Waals surface area (Å²) in [5.74, 6) is 0.637.